The lowest BCUT2D eigenvalue weighted by molar-refractivity contribution is 0.282. The minimum Gasteiger partial charge on any atom is -0.399 e. The van der Waals surface area contributed by atoms with Gasteiger partial charge in [-0.2, -0.15) is 5.26 Å². The lowest BCUT2D eigenvalue weighted by atomic mass is 9.81. The van der Waals surface area contributed by atoms with Gasteiger partial charge in [0.05, 0.1) is 11.3 Å². The van der Waals surface area contributed by atoms with Crippen LogP contribution < -0.4 is 11.1 Å². The molecule has 19 heavy (non-hydrogen) atoms. The summed E-state index contributed by atoms with van der Waals surface area (Å²) in [5.74, 6) is 1.76. The molecule has 2 rings (SSSR count). The van der Waals surface area contributed by atoms with E-state index in [9.17, 15) is 0 Å². The summed E-state index contributed by atoms with van der Waals surface area (Å²) in [5, 5.41) is 12.4. The maximum atomic E-state index is 9.07. The average molecular weight is 257 g/mol. The number of nitriles is 1. The summed E-state index contributed by atoms with van der Waals surface area (Å²) in [5.41, 5.74) is 7.86. The van der Waals surface area contributed by atoms with Crippen molar-refractivity contribution >= 4 is 11.4 Å². The molecule has 3 heteroatoms. The van der Waals surface area contributed by atoms with E-state index in [1.165, 1.54) is 32.1 Å². The molecule has 0 amide bonds. The molecule has 1 saturated carbocycles. The Bertz CT molecular complexity index is 454. The van der Waals surface area contributed by atoms with E-state index < -0.39 is 0 Å². The van der Waals surface area contributed by atoms with Crippen molar-refractivity contribution in [1.29, 1.82) is 5.26 Å². The molecule has 102 valence electrons. The molecule has 1 aliphatic rings. The van der Waals surface area contributed by atoms with Crippen LogP contribution in [0.4, 0.5) is 11.4 Å². The van der Waals surface area contributed by atoms with Gasteiger partial charge < -0.3 is 11.1 Å². The highest BCUT2D eigenvalue weighted by Gasteiger charge is 2.17. The van der Waals surface area contributed by atoms with E-state index in [4.69, 9.17) is 11.0 Å². The van der Waals surface area contributed by atoms with Gasteiger partial charge in [-0.25, -0.2) is 0 Å². The molecular weight excluding hydrogens is 234 g/mol. The van der Waals surface area contributed by atoms with E-state index >= 15 is 0 Å². The third kappa shape index (κ3) is 3.89. The smallest absolute Gasteiger partial charge is 0.101 e. The summed E-state index contributed by atoms with van der Waals surface area (Å²) in [6.45, 7) is 3.29. The monoisotopic (exact) mass is 257 g/mol. The van der Waals surface area contributed by atoms with Crippen LogP contribution in [0.1, 0.15) is 44.6 Å². The molecule has 0 aromatic heterocycles. The normalized spacial score (nSPS) is 22.7. The highest BCUT2D eigenvalue weighted by molar-refractivity contribution is 5.62. The maximum absolute atomic E-state index is 9.07. The molecule has 1 aliphatic carbocycles. The number of benzene rings is 1. The van der Waals surface area contributed by atoms with Gasteiger partial charge in [-0.3, -0.25) is 0 Å². The predicted molar refractivity (Wildman–Crippen MR) is 79.8 cm³/mol. The summed E-state index contributed by atoms with van der Waals surface area (Å²) in [6.07, 6.45) is 6.65. The SMILES string of the molecule is CC1CCC(CCNc2ccc(N)cc2C#N)CC1. The fraction of sp³-hybridized carbons (Fsp3) is 0.562. The van der Waals surface area contributed by atoms with E-state index in [1.807, 2.05) is 12.1 Å². The molecule has 0 unspecified atom stereocenters. The molecule has 0 bridgehead atoms. The molecule has 1 aromatic carbocycles. The van der Waals surface area contributed by atoms with E-state index in [-0.39, 0.29) is 0 Å². The Hall–Kier alpha value is -1.69. The Labute approximate surface area is 115 Å². The average Bonchev–Trinajstić information content (AvgIpc) is 2.42. The maximum Gasteiger partial charge on any atom is 0.101 e. The zero-order valence-corrected chi connectivity index (χ0v) is 11.7. The topological polar surface area (TPSA) is 61.8 Å². The van der Waals surface area contributed by atoms with Gasteiger partial charge in [0.2, 0.25) is 0 Å². The Balaban J connectivity index is 1.81. The first kappa shape index (κ1) is 13.7. The van der Waals surface area contributed by atoms with Crippen molar-refractivity contribution in [2.24, 2.45) is 11.8 Å². The second-order valence-corrected chi connectivity index (χ2v) is 5.76. The number of nitrogens with one attached hydrogen (secondary N) is 1. The van der Waals surface area contributed by atoms with Crippen LogP contribution in [0.5, 0.6) is 0 Å². The Morgan fingerprint density at radius 3 is 2.74 bits per heavy atom. The van der Waals surface area contributed by atoms with Gasteiger partial charge in [-0.05, 0) is 36.5 Å². The lowest BCUT2D eigenvalue weighted by Gasteiger charge is -2.26. The van der Waals surface area contributed by atoms with E-state index in [0.717, 1.165) is 24.1 Å². The largest absolute Gasteiger partial charge is 0.399 e. The third-order valence-electron chi connectivity index (χ3n) is 4.17. The van der Waals surface area contributed by atoms with E-state index in [1.54, 1.807) is 6.07 Å². The van der Waals surface area contributed by atoms with Crippen molar-refractivity contribution in [3.8, 4) is 6.07 Å². The fourth-order valence-electron chi connectivity index (χ4n) is 2.84. The second-order valence-electron chi connectivity index (χ2n) is 5.76. The first-order valence-corrected chi connectivity index (χ1v) is 7.22. The molecule has 1 aromatic rings. The number of anilines is 2. The van der Waals surface area contributed by atoms with E-state index in [2.05, 4.69) is 18.3 Å². The van der Waals surface area contributed by atoms with Gasteiger partial charge in [-0.1, -0.05) is 32.6 Å². The number of hydrogen-bond acceptors (Lipinski definition) is 3. The van der Waals surface area contributed by atoms with Crippen LogP contribution in [0, 0.1) is 23.2 Å². The van der Waals surface area contributed by atoms with Gasteiger partial charge in [0.1, 0.15) is 6.07 Å². The second kappa shape index (κ2) is 6.47. The minimum atomic E-state index is 0.636. The quantitative estimate of drug-likeness (QED) is 0.807. The van der Waals surface area contributed by atoms with Crippen LogP contribution in [0.15, 0.2) is 18.2 Å². The summed E-state index contributed by atoms with van der Waals surface area (Å²) in [4.78, 5) is 0. The van der Waals surface area contributed by atoms with Crippen LogP contribution >= 0.6 is 0 Å². The standard InChI is InChI=1S/C16H23N3/c1-12-2-4-13(5-3-12)8-9-19-16-7-6-15(18)10-14(16)11-17/h6-7,10,12-13,19H,2-5,8-9,18H2,1H3. The third-order valence-corrected chi connectivity index (χ3v) is 4.17. The summed E-state index contributed by atoms with van der Waals surface area (Å²) >= 11 is 0. The Morgan fingerprint density at radius 1 is 1.32 bits per heavy atom. The molecule has 0 atom stereocenters. The molecular formula is C16H23N3. The zero-order chi connectivity index (χ0) is 13.7. The molecule has 0 spiro atoms. The van der Waals surface area contributed by atoms with Gasteiger partial charge in [0.25, 0.3) is 0 Å². The number of nitrogens with two attached hydrogens (primary N) is 1. The summed E-state index contributed by atoms with van der Waals surface area (Å²) in [6, 6.07) is 7.65. The highest BCUT2D eigenvalue weighted by atomic mass is 14.9. The first-order chi connectivity index (χ1) is 9.19. The van der Waals surface area contributed by atoms with Gasteiger partial charge in [-0.15, -0.1) is 0 Å². The number of nitrogens with zero attached hydrogens (tertiary/aromatic N) is 1. The van der Waals surface area contributed by atoms with Crippen molar-refractivity contribution in [2.45, 2.75) is 39.0 Å². The highest BCUT2D eigenvalue weighted by Crippen LogP contribution is 2.30. The van der Waals surface area contributed by atoms with Crippen molar-refractivity contribution < 1.29 is 0 Å². The molecule has 0 aliphatic heterocycles. The van der Waals surface area contributed by atoms with Crippen LogP contribution in [-0.2, 0) is 0 Å². The van der Waals surface area contributed by atoms with Crippen molar-refractivity contribution in [3.63, 3.8) is 0 Å². The van der Waals surface area contributed by atoms with E-state index in [0.29, 0.717) is 11.3 Å². The van der Waals surface area contributed by atoms with Crippen molar-refractivity contribution in [1.82, 2.24) is 0 Å². The molecule has 0 saturated heterocycles. The predicted octanol–water partition coefficient (Wildman–Crippen LogP) is 3.77. The fourth-order valence-corrected chi connectivity index (χ4v) is 2.84. The number of rotatable bonds is 4. The van der Waals surface area contributed by atoms with Gasteiger partial charge >= 0.3 is 0 Å². The molecule has 1 fully saturated rings. The number of nitrogen functional groups attached to an aromatic ring is 1. The number of hydrogen-bond donors (Lipinski definition) is 2. The van der Waals surface area contributed by atoms with Crippen LogP contribution in [0.2, 0.25) is 0 Å². The molecule has 3 N–H and O–H groups in total. The zero-order valence-electron chi connectivity index (χ0n) is 11.7. The summed E-state index contributed by atoms with van der Waals surface area (Å²) in [7, 11) is 0. The van der Waals surface area contributed by atoms with Gasteiger partial charge in [0.15, 0.2) is 0 Å². The lowest BCUT2D eigenvalue weighted by Crippen LogP contribution is -2.16. The summed E-state index contributed by atoms with van der Waals surface area (Å²) < 4.78 is 0. The molecule has 0 heterocycles. The van der Waals surface area contributed by atoms with Crippen LogP contribution in [0.25, 0.3) is 0 Å². The molecule has 3 nitrogen and oxygen atoms in total. The Kier molecular flexibility index (Phi) is 4.68. The van der Waals surface area contributed by atoms with Gasteiger partial charge in [0, 0.05) is 12.2 Å². The first-order valence-electron chi connectivity index (χ1n) is 7.22. The van der Waals surface area contributed by atoms with Crippen LogP contribution in [0.3, 0.4) is 0 Å². The Morgan fingerprint density at radius 2 is 2.05 bits per heavy atom. The minimum absolute atomic E-state index is 0.636. The van der Waals surface area contributed by atoms with Crippen LogP contribution in [-0.4, -0.2) is 6.54 Å². The molecule has 0 radical (unpaired) electrons. The van der Waals surface area contributed by atoms with Crippen molar-refractivity contribution in [2.75, 3.05) is 17.6 Å². The van der Waals surface area contributed by atoms with Crippen molar-refractivity contribution in [3.05, 3.63) is 23.8 Å².